The molecule has 0 amide bonds. The zero-order valence-electron chi connectivity index (χ0n) is 11.3. The van der Waals surface area contributed by atoms with Gasteiger partial charge in [0.1, 0.15) is 0 Å². The van der Waals surface area contributed by atoms with Crippen molar-refractivity contribution in [1.82, 2.24) is 10.0 Å². The molecule has 1 aliphatic rings. The summed E-state index contributed by atoms with van der Waals surface area (Å²) in [6, 6.07) is 0. The molecule has 0 heterocycles. The van der Waals surface area contributed by atoms with E-state index in [4.69, 9.17) is 0 Å². The third-order valence-electron chi connectivity index (χ3n) is 3.41. The molecule has 1 atom stereocenters. The summed E-state index contributed by atoms with van der Waals surface area (Å²) in [5.41, 5.74) is 0.482. The van der Waals surface area contributed by atoms with Crippen molar-refractivity contribution in [3.63, 3.8) is 0 Å². The summed E-state index contributed by atoms with van der Waals surface area (Å²) in [6.07, 6.45) is 6.42. The van der Waals surface area contributed by atoms with Gasteiger partial charge >= 0.3 is 0 Å². The molecule has 2 N–H and O–H groups in total. The van der Waals surface area contributed by atoms with Crippen LogP contribution in [0, 0.1) is 11.3 Å². The van der Waals surface area contributed by atoms with E-state index in [1.165, 1.54) is 31.9 Å². The second-order valence-corrected chi connectivity index (χ2v) is 7.83. The molecule has 0 saturated heterocycles. The largest absolute Gasteiger partial charge is 0.315 e. The topological polar surface area (TPSA) is 58.2 Å². The van der Waals surface area contributed by atoms with Crippen LogP contribution in [-0.2, 0) is 10.0 Å². The van der Waals surface area contributed by atoms with Gasteiger partial charge in [-0.2, -0.15) is 0 Å². The first-order valence-electron chi connectivity index (χ1n) is 6.44. The molecule has 17 heavy (non-hydrogen) atoms. The molecule has 0 aliphatic heterocycles. The van der Waals surface area contributed by atoms with Crippen LogP contribution in [-0.4, -0.2) is 34.3 Å². The molecule has 0 bridgehead atoms. The molecule has 0 spiro atoms. The van der Waals surface area contributed by atoms with Gasteiger partial charge in [0.25, 0.3) is 0 Å². The molecule has 0 radical (unpaired) electrons. The van der Waals surface area contributed by atoms with E-state index in [9.17, 15) is 8.42 Å². The van der Waals surface area contributed by atoms with Crippen molar-refractivity contribution in [2.24, 2.45) is 11.3 Å². The van der Waals surface area contributed by atoms with Crippen LogP contribution in [0.5, 0.6) is 0 Å². The van der Waals surface area contributed by atoms with Crippen LogP contribution < -0.4 is 10.0 Å². The molecule has 4 nitrogen and oxygen atoms in total. The first-order valence-corrected chi connectivity index (χ1v) is 8.33. The van der Waals surface area contributed by atoms with Gasteiger partial charge in [-0.25, -0.2) is 13.1 Å². The number of hydrogen-bond acceptors (Lipinski definition) is 3. The van der Waals surface area contributed by atoms with E-state index in [2.05, 4.69) is 23.9 Å². The molecule has 1 rings (SSSR count). The molecule has 1 aliphatic carbocycles. The zero-order chi connectivity index (χ0) is 12.9. The van der Waals surface area contributed by atoms with E-state index in [0.29, 0.717) is 18.5 Å². The third-order valence-corrected chi connectivity index (χ3v) is 4.13. The number of nitrogens with one attached hydrogen (secondary N) is 2. The smallest absolute Gasteiger partial charge is 0.208 e. The average Bonchev–Trinajstić information content (AvgIpc) is 2.13. The lowest BCUT2D eigenvalue weighted by molar-refractivity contribution is 0.178. The number of sulfonamides is 1. The highest BCUT2D eigenvalue weighted by Crippen LogP contribution is 2.38. The van der Waals surface area contributed by atoms with Crippen LogP contribution in [0.25, 0.3) is 0 Å². The third kappa shape index (κ3) is 7.01. The lowest BCUT2D eigenvalue weighted by Crippen LogP contribution is -2.35. The highest BCUT2D eigenvalue weighted by molar-refractivity contribution is 7.88. The van der Waals surface area contributed by atoms with Crippen molar-refractivity contribution in [3.8, 4) is 0 Å². The summed E-state index contributed by atoms with van der Waals surface area (Å²) in [5, 5.41) is 3.34. The molecule has 0 aromatic rings. The summed E-state index contributed by atoms with van der Waals surface area (Å²) in [5.74, 6) is 0.747. The molecule has 102 valence electrons. The SMILES string of the molecule is CC1(C)CCC[C@@H](CNCCNS(C)(=O)=O)C1. The normalized spacial score (nSPS) is 24.8. The second-order valence-electron chi connectivity index (χ2n) is 6.00. The Hall–Kier alpha value is -0.130. The highest BCUT2D eigenvalue weighted by atomic mass is 32.2. The van der Waals surface area contributed by atoms with Crippen LogP contribution in [0.3, 0.4) is 0 Å². The second kappa shape index (κ2) is 6.16. The summed E-state index contributed by atoms with van der Waals surface area (Å²) in [4.78, 5) is 0. The van der Waals surface area contributed by atoms with Crippen LogP contribution in [0.15, 0.2) is 0 Å². The maximum absolute atomic E-state index is 10.8. The van der Waals surface area contributed by atoms with Crippen molar-refractivity contribution in [2.45, 2.75) is 39.5 Å². The van der Waals surface area contributed by atoms with Crippen LogP contribution in [0.1, 0.15) is 39.5 Å². The Morgan fingerprint density at radius 3 is 2.59 bits per heavy atom. The summed E-state index contributed by atoms with van der Waals surface area (Å²) in [6.45, 7) is 6.88. The summed E-state index contributed by atoms with van der Waals surface area (Å²) >= 11 is 0. The minimum atomic E-state index is -3.04. The maximum Gasteiger partial charge on any atom is 0.208 e. The quantitative estimate of drug-likeness (QED) is 0.710. The average molecular weight is 262 g/mol. The maximum atomic E-state index is 10.8. The minimum absolute atomic E-state index is 0.481. The number of hydrogen-bond donors (Lipinski definition) is 2. The van der Waals surface area contributed by atoms with Gasteiger partial charge in [-0.15, -0.1) is 0 Å². The highest BCUT2D eigenvalue weighted by Gasteiger charge is 2.27. The van der Waals surface area contributed by atoms with E-state index < -0.39 is 10.0 Å². The summed E-state index contributed by atoms with van der Waals surface area (Å²) in [7, 11) is -3.04. The van der Waals surface area contributed by atoms with Crippen LogP contribution in [0.2, 0.25) is 0 Å². The van der Waals surface area contributed by atoms with Crippen molar-refractivity contribution in [1.29, 1.82) is 0 Å². The van der Waals surface area contributed by atoms with Gasteiger partial charge in [0.05, 0.1) is 6.26 Å². The van der Waals surface area contributed by atoms with Gasteiger partial charge in [0.15, 0.2) is 0 Å². The Bertz CT molecular complexity index is 325. The summed E-state index contributed by atoms with van der Waals surface area (Å²) < 4.78 is 24.2. The standard InChI is InChI=1S/C12H26N2O2S/c1-12(2)6-4-5-11(9-12)10-13-7-8-14-17(3,15)16/h11,13-14H,4-10H2,1-3H3/t11-/m1/s1. The Morgan fingerprint density at radius 2 is 2.00 bits per heavy atom. The monoisotopic (exact) mass is 262 g/mol. The Labute approximate surface area is 106 Å². The van der Waals surface area contributed by atoms with E-state index in [-0.39, 0.29) is 0 Å². The lowest BCUT2D eigenvalue weighted by Gasteiger charge is -2.35. The first-order chi connectivity index (χ1) is 7.79. The Kier molecular flexibility index (Phi) is 5.41. The Balaban J connectivity index is 2.11. The van der Waals surface area contributed by atoms with Gasteiger partial charge < -0.3 is 5.32 Å². The van der Waals surface area contributed by atoms with Crippen molar-refractivity contribution in [2.75, 3.05) is 25.9 Å². The van der Waals surface area contributed by atoms with Crippen molar-refractivity contribution >= 4 is 10.0 Å². The number of rotatable bonds is 6. The fraction of sp³-hybridized carbons (Fsp3) is 1.00. The van der Waals surface area contributed by atoms with E-state index in [1.807, 2.05) is 0 Å². The lowest BCUT2D eigenvalue weighted by atomic mass is 9.72. The molecule has 1 saturated carbocycles. The van der Waals surface area contributed by atoms with Gasteiger partial charge in [-0.1, -0.05) is 20.3 Å². The fourth-order valence-electron chi connectivity index (χ4n) is 2.66. The van der Waals surface area contributed by atoms with Crippen LogP contribution in [0.4, 0.5) is 0 Å². The van der Waals surface area contributed by atoms with Gasteiger partial charge in [0.2, 0.25) is 10.0 Å². The first kappa shape index (κ1) is 14.9. The fourth-order valence-corrected chi connectivity index (χ4v) is 3.13. The minimum Gasteiger partial charge on any atom is -0.315 e. The molecule has 0 aromatic heterocycles. The zero-order valence-corrected chi connectivity index (χ0v) is 12.1. The van der Waals surface area contributed by atoms with E-state index in [0.717, 1.165) is 12.5 Å². The molecular formula is C12H26N2O2S. The molecule has 0 aromatic carbocycles. The van der Waals surface area contributed by atoms with E-state index in [1.54, 1.807) is 0 Å². The predicted octanol–water partition coefficient (Wildman–Crippen LogP) is 1.34. The Morgan fingerprint density at radius 1 is 1.29 bits per heavy atom. The van der Waals surface area contributed by atoms with Gasteiger partial charge in [-0.05, 0) is 37.1 Å². The van der Waals surface area contributed by atoms with Crippen LogP contribution >= 0.6 is 0 Å². The molecule has 5 heteroatoms. The van der Waals surface area contributed by atoms with Gasteiger partial charge in [-0.3, -0.25) is 0 Å². The van der Waals surface area contributed by atoms with Crippen molar-refractivity contribution in [3.05, 3.63) is 0 Å². The molecular weight excluding hydrogens is 236 g/mol. The molecule has 1 fully saturated rings. The van der Waals surface area contributed by atoms with Gasteiger partial charge in [0, 0.05) is 13.1 Å². The predicted molar refractivity (Wildman–Crippen MR) is 71.5 cm³/mol. The van der Waals surface area contributed by atoms with E-state index >= 15 is 0 Å². The van der Waals surface area contributed by atoms with Crippen molar-refractivity contribution < 1.29 is 8.42 Å². The molecule has 0 unspecified atom stereocenters.